The number of aromatic nitrogens is 2. The summed E-state index contributed by atoms with van der Waals surface area (Å²) in [5.41, 5.74) is 2.76. The summed E-state index contributed by atoms with van der Waals surface area (Å²) in [5, 5.41) is 3.83. The van der Waals surface area contributed by atoms with Crippen LogP contribution in [0.5, 0.6) is 0 Å². The first kappa shape index (κ1) is 15.5. The fourth-order valence-electron chi connectivity index (χ4n) is 3.25. The number of carbonyl (C=O) groups is 1. The smallest absolute Gasteiger partial charge is 0.247 e. The van der Waals surface area contributed by atoms with Crippen molar-refractivity contribution < 1.29 is 4.79 Å². The van der Waals surface area contributed by atoms with E-state index in [1.165, 1.54) is 38.2 Å². The van der Waals surface area contributed by atoms with E-state index < -0.39 is 0 Å². The van der Waals surface area contributed by atoms with Crippen LogP contribution in [0.1, 0.15) is 37.7 Å². The molecule has 0 radical (unpaired) electrons. The van der Waals surface area contributed by atoms with Crippen LogP contribution >= 0.6 is 0 Å². The fraction of sp³-hybridized carbons (Fsp3) is 0.368. The standard InChI is InChI=1S/C19H23N3O/c1-3-18(23)21-16-11-17-15(13-22(2)19(17)20-12-16)10-9-14-7-5-4-6-8-14/h3,9-14H,1,4-8H2,2H3,(H,21,23)/b10-9+. The Bertz CT molecular complexity index is 751. The number of amides is 1. The molecule has 0 spiro atoms. The van der Waals surface area contributed by atoms with Gasteiger partial charge in [-0.3, -0.25) is 4.79 Å². The minimum absolute atomic E-state index is 0.221. The number of allylic oxidation sites excluding steroid dienone is 1. The average Bonchev–Trinajstić information content (AvgIpc) is 2.89. The van der Waals surface area contributed by atoms with E-state index in [2.05, 4.69) is 35.2 Å². The van der Waals surface area contributed by atoms with Crippen molar-refractivity contribution in [2.24, 2.45) is 13.0 Å². The van der Waals surface area contributed by atoms with Crippen LogP contribution in [0.15, 0.2) is 37.2 Å². The van der Waals surface area contributed by atoms with Gasteiger partial charge in [-0.15, -0.1) is 0 Å². The maximum absolute atomic E-state index is 11.5. The van der Waals surface area contributed by atoms with E-state index in [0.29, 0.717) is 11.6 Å². The van der Waals surface area contributed by atoms with Gasteiger partial charge in [-0.2, -0.15) is 0 Å². The van der Waals surface area contributed by atoms with Crippen LogP contribution in [0.25, 0.3) is 17.1 Å². The second-order valence-corrected chi connectivity index (χ2v) is 6.24. The summed E-state index contributed by atoms with van der Waals surface area (Å²) in [7, 11) is 2.00. The van der Waals surface area contributed by atoms with Crippen LogP contribution in [-0.4, -0.2) is 15.5 Å². The number of rotatable bonds is 4. The second kappa shape index (κ2) is 6.82. The number of nitrogens with one attached hydrogen (secondary N) is 1. The molecule has 120 valence electrons. The quantitative estimate of drug-likeness (QED) is 0.856. The maximum atomic E-state index is 11.5. The summed E-state index contributed by atoms with van der Waals surface area (Å²) in [6, 6.07) is 1.98. The van der Waals surface area contributed by atoms with Crippen molar-refractivity contribution in [2.75, 3.05) is 5.32 Å². The van der Waals surface area contributed by atoms with E-state index >= 15 is 0 Å². The average molecular weight is 309 g/mol. The second-order valence-electron chi connectivity index (χ2n) is 6.24. The molecule has 0 bridgehead atoms. The van der Waals surface area contributed by atoms with Crippen molar-refractivity contribution in [1.82, 2.24) is 9.55 Å². The van der Waals surface area contributed by atoms with Gasteiger partial charge in [0.1, 0.15) is 5.65 Å². The first-order chi connectivity index (χ1) is 11.2. The SMILES string of the molecule is C=CC(=O)Nc1cnc2c(c1)c(/C=C/C1CCCCC1)cn2C. The van der Waals surface area contributed by atoms with Crippen molar-refractivity contribution in [3.63, 3.8) is 0 Å². The summed E-state index contributed by atoms with van der Waals surface area (Å²) in [6.45, 7) is 3.47. The number of pyridine rings is 1. The lowest BCUT2D eigenvalue weighted by atomic mass is 9.89. The minimum Gasteiger partial charge on any atom is -0.335 e. The predicted molar refractivity (Wildman–Crippen MR) is 95.1 cm³/mol. The molecule has 4 nitrogen and oxygen atoms in total. The highest BCUT2D eigenvalue weighted by Gasteiger charge is 2.11. The first-order valence-electron chi connectivity index (χ1n) is 8.24. The zero-order valence-electron chi connectivity index (χ0n) is 13.6. The molecular formula is C19H23N3O. The van der Waals surface area contributed by atoms with Crippen LogP contribution in [0.2, 0.25) is 0 Å². The van der Waals surface area contributed by atoms with Crippen molar-refractivity contribution >= 4 is 28.7 Å². The Labute approximate surface area is 136 Å². The van der Waals surface area contributed by atoms with Crippen molar-refractivity contribution in [3.05, 3.63) is 42.8 Å². The minimum atomic E-state index is -0.221. The Kier molecular flexibility index (Phi) is 4.60. The number of hydrogen-bond donors (Lipinski definition) is 1. The van der Waals surface area contributed by atoms with Gasteiger partial charge in [-0.05, 0) is 30.9 Å². The molecule has 3 rings (SSSR count). The van der Waals surface area contributed by atoms with Crippen LogP contribution in [0.4, 0.5) is 5.69 Å². The van der Waals surface area contributed by atoms with E-state index in [1.54, 1.807) is 6.20 Å². The summed E-state index contributed by atoms with van der Waals surface area (Å²) < 4.78 is 2.02. The van der Waals surface area contributed by atoms with Crippen LogP contribution in [-0.2, 0) is 11.8 Å². The van der Waals surface area contributed by atoms with Gasteiger partial charge in [-0.1, -0.05) is 38.0 Å². The van der Waals surface area contributed by atoms with Crippen LogP contribution in [0, 0.1) is 5.92 Å². The number of aryl methyl sites for hydroxylation is 1. The fourth-order valence-corrected chi connectivity index (χ4v) is 3.25. The molecule has 0 aromatic carbocycles. The Morgan fingerprint density at radius 3 is 2.91 bits per heavy atom. The lowest BCUT2D eigenvalue weighted by Gasteiger charge is -2.17. The Morgan fingerprint density at radius 2 is 2.17 bits per heavy atom. The van der Waals surface area contributed by atoms with Gasteiger partial charge < -0.3 is 9.88 Å². The van der Waals surface area contributed by atoms with Crippen LogP contribution in [0.3, 0.4) is 0 Å². The predicted octanol–water partition coefficient (Wildman–Crippen LogP) is 4.29. The first-order valence-corrected chi connectivity index (χ1v) is 8.24. The number of anilines is 1. The molecule has 1 aliphatic carbocycles. The van der Waals surface area contributed by atoms with Gasteiger partial charge >= 0.3 is 0 Å². The van der Waals surface area contributed by atoms with E-state index in [-0.39, 0.29) is 5.91 Å². The highest BCUT2D eigenvalue weighted by Crippen LogP contribution is 2.27. The van der Waals surface area contributed by atoms with Gasteiger partial charge in [0, 0.05) is 24.2 Å². The van der Waals surface area contributed by atoms with E-state index in [4.69, 9.17) is 0 Å². The Morgan fingerprint density at radius 1 is 1.39 bits per heavy atom. The van der Waals surface area contributed by atoms with E-state index in [1.807, 2.05) is 17.7 Å². The third-order valence-corrected chi connectivity index (χ3v) is 4.50. The number of carbonyl (C=O) groups excluding carboxylic acids is 1. The molecule has 0 aliphatic heterocycles. The van der Waals surface area contributed by atoms with Gasteiger partial charge in [0.25, 0.3) is 0 Å². The third kappa shape index (κ3) is 3.52. The highest BCUT2D eigenvalue weighted by atomic mass is 16.1. The van der Waals surface area contributed by atoms with Gasteiger partial charge in [0.2, 0.25) is 5.91 Å². The van der Waals surface area contributed by atoms with Gasteiger partial charge in [0.15, 0.2) is 0 Å². The number of nitrogens with zero attached hydrogens (tertiary/aromatic N) is 2. The van der Waals surface area contributed by atoms with Crippen molar-refractivity contribution in [3.8, 4) is 0 Å². The summed E-state index contributed by atoms with van der Waals surface area (Å²) in [5.74, 6) is 0.469. The molecule has 23 heavy (non-hydrogen) atoms. The van der Waals surface area contributed by atoms with Crippen molar-refractivity contribution in [2.45, 2.75) is 32.1 Å². The topological polar surface area (TPSA) is 46.9 Å². The monoisotopic (exact) mass is 309 g/mol. The lowest BCUT2D eigenvalue weighted by molar-refractivity contribution is -0.111. The molecule has 2 aromatic heterocycles. The van der Waals surface area contributed by atoms with E-state index in [9.17, 15) is 4.79 Å². The summed E-state index contributed by atoms with van der Waals surface area (Å²) >= 11 is 0. The molecule has 4 heteroatoms. The maximum Gasteiger partial charge on any atom is 0.247 e. The van der Waals surface area contributed by atoms with Gasteiger partial charge in [-0.25, -0.2) is 4.98 Å². The molecule has 1 aliphatic rings. The molecule has 1 fully saturated rings. The van der Waals surface area contributed by atoms with Crippen LogP contribution < -0.4 is 5.32 Å². The summed E-state index contributed by atoms with van der Waals surface area (Å²) in [6.07, 6.45) is 16.2. The Hall–Kier alpha value is -2.36. The summed E-state index contributed by atoms with van der Waals surface area (Å²) in [4.78, 5) is 15.9. The molecule has 1 N–H and O–H groups in total. The largest absolute Gasteiger partial charge is 0.335 e. The zero-order chi connectivity index (χ0) is 16.2. The van der Waals surface area contributed by atoms with Crippen molar-refractivity contribution in [1.29, 1.82) is 0 Å². The normalized spacial score (nSPS) is 16.0. The highest BCUT2D eigenvalue weighted by molar-refractivity contribution is 6.00. The molecule has 2 aromatic rings. The molecule has 2 heterocycles. The van der Waals surface area contributed by atoms with E-state index in [0.717, 1.165) is 16.6 Å². The van der Waals surface area contributed by atoms with Gasteiger partial charge in [0.05, 0.1) is 11.9 Å². The zero-order valence-corrected chi connectivity index (χ0v) is 13.6. The number of hydrogen-bond acceptors (Lipinski definition) is 2. The molecule has 1 amide bonds. The molecule has 0 atom stereocenters. The lowest BCUT2D eigenvalue weighted by Crippen LogP contribution is -2.07. The molecule has 0 saturated heterocycles. The molecular weight excluding hydrogens is 286 g/mol. The third-order valence-electron chi connectivity index (χ3n) is 4.50. The molecule has 1 saturated carbocycles. The Balaban J connectivity index is 1.89. The number of fused-ring (bicyclic) bond motifs is 1. The molecule has 0 unspecified atom stereocenters.